The number of anilines is 1. The van der Waals surface area contributed by atoms with Crippen molar-refractivity contribution in [1.29, 1.82) is 0 Å². The number of pyridine rings is 2. The van der Waals surface area contributed by atoms with Gasteiger partial charge in [0.2, 0.25) is 0 Å². The molecule has 0 fully saturated rings. The molecule has 0 spiro atoms. The van der Waals surface area contributed by atoms with Crippen LogP contribution in [-0.2, 0) is 0 Å². The molecule has 142 valence electrons. The van der Waals surface area contributed by atoms with Crippen LogP contribution in [0.15, 0.2) is 54.7 Å². The Morgan fingerprint density at radius 1 is 0.963 bits per heavy atom. The number of para-hydroxylation sites is 1. The largest absolute Gasteiger partial charge is 0.496 e. The molecule has 27 heavy (non-hydrogen) atoms. The molecule has 0 atom stereocenters. The van der Waals surface area contributed by atoms with Crippen LogP contribution in [0.2, 0.25) is 0 Å². The molecular formula is C18H18ClN3O5. The fraction of sp³-hybridized carbons (Fsp3) is 0.167. The summed E-state index contributed by atoms with van der Waals surface area (Å²) in [7, 11) is 0.920. The minimum absolute atomic E-state index is 0.900. The van der Waals surface area contributed by atoms with Crippen LogP contribution in [0, 0.1) is 10.2 Å². The minimum Gasteiger partial charge on any atom is -0.496 e. The molecule has 9 heteroatoms. The Bertz CT molecular complexity index is 1100. The molecule has 3 heterocycles. The quantitative estimate of drug-likeness (QED) is 0.371. The highest BCUT2D eigenvalue weighted by Gasteiger charge is 2.24. The summed E-state index contributed by atoms with van der Waals surface area (Å²) in [4.78, 5) is 2.14. The van der Waals surface area contributed by atoms with Gasteiger partial charge in [0.25, 0.3) is 0 Å². The van der Waals surface area contributed by atoms with Crippen LogP contribution in [-0.4, -0.2) is 25.6 Å². The minimum atomic E-state index is -4.94. The third-order valence-electron chi connectivity index (χ3n) is 4.08. The van der Waals surface area contributed by atoms with E-state index in [4.69, 9.17) is 23.4 Å². The van der Waals surface area contributed by atoms with Gasteiger partial charge >= 0.3 is 5.95 Å². The van der Waals surface area contributed by atoms with Crippen molar-refractivity contribution in [2.75, 3.05) is 26.1 Å². The molecule has 1 aromatic carbocycles. The summed E-state index contributed by atoms with van der Waals surface area (Å²) in [5, 5.41) is 1.11. The Labute approximate surface area is 157 Å². The molecule has 0 aliphatic carbocycles. The van der Waals surface area contributed by atoms with Crippen LogP contribution in [0.25, 0.3) is 21.9 Å². The number of halogens is 1. The van der Waals surface area contributed by atoms with E-state index in [1.54, 1.807) is 7.11 Å². The number of ether oxygens (including phenoxy) is 1. The summed E-state index contributed by atoms with van der Waals surface area (Å²) < 4.78 is 44.1. The van der Waals surface area contributed by atoms with Gasteiger partial charge in [0, 0.05) is 6.07 Å². The molecule has 0 N–H and O–H groups in total. The Morgan fingerprint density at radius 2 is 1.59 bits per heavy atom. The van der Waals surface area contributed by atoms with E-state index in [0.717, 1.165) is 33.6 Å². The summed E-state index contributed by atoms with van der Waals surface area (Å²) in [6.07, 6.45) is 2.10. The average molecular weight is 392 g/mol. The van der Waals surface area contributed by atoms with E-state index in [0.29, 0.717) is 0 Å². The van der Waals surface area contributed by atoms with E-state index in [1.165, 1.54) is 0 Å². The fourth-order valence-corrected chi connectivity index (χ4v) is 3.20. The molecule has 4 aromatic rings. The first-order chi connectivity index (χ1) is 12.7. The van der Waals surface area contributed by atoms with Crippen LogP contribution in [0.3, 0.4) is 0 Å². The van der Waals surface area contributed by atoms with E-state index < -0.39 is 10.2 Å². The van der Waals surface area contributed by atoms with Crippen LogP contribution in [0.5, 0.6) is 5.75 Å². The fourth-order valence-electron chi connectivity index (χ4n) is 3.20. The van der Waals surface area contributed by atoms with Crippen molar-refractivity contribution in [3.05, 3.63) is 54.7 Å². The lowest BCUT2D eigenvalue weighted by Crippen LogP contribution is -2.68. The van der Waals surface area contributed by atoms with Gasteiger partial charge in [-0.3, -0.25) is 4.90 Å². The van der Waals surface area contributed by atoms with E-state index in [-0.39, 0.29) is 0 Å². The van der Waals surface area contributed by atoms with Gasteiger partial charge in [0.15, 0.2) is 5.52 Å². The van der Waals surface area contributed by atoms with Crippen molar-refractivity contribution in [3.63, 3.8) is 0 Å². The number of imidazole rings is 1. The second kappa shape index (κ2) is 7.18. The highest BCUT2D eigenvalue weighted by atomic mass is 35.7. The second-order valence-electron chi connectivity index (χ2n) is 5.98. The molecule has 0 amide bonds. The second-order valence-corrected chi connectivity index (χ2v) is 6.73. The lowest BCUT2D eigenvalue weighted by atomic mass is 10.2. The van der Waals surface area contributed by atoms with E-state index >= 15 is 0 Å². The molecule has 0 aliphatic heterocycles. The highest BCUT2D eigenvalue weighted by molar-refractivity contribution is 5.93. The third kappa shape index (κ3) is 3.75. The Hall–Kier alpha value is -2.62. The van der Waals surface area contributed by atoms with Crippen LogP contribution in [0.1, 0.15) is 0 Å². The number of methoxy groups -OCH3 is 1. The molecule has 4 rings (SSSR count). The number of benzene rings is 1. The molecule has 8 nitrogen and oxygen atoms in total. The molecule has 3 aromatic heterocycles. The van der Waals surface area contributed by atoms with E-state index in [1.807, 2.05) is 6.07 Å². The monoisotopic (exact) mass is 391 g/mol. The Kier molecular flexibility index (Phi) is 5.09. The smallest absolute Gasteiger partial charge is 0.369 e. The van der Waals surface area contributed by atoms with Gasteiger partial charge in [0.1, 0.15) is 16.8 Å². The lowest BCUT2D eigenvalue weighted by Gasteiger charge is -2.17. The molecule has 0 radical (unpaired) electrons. The van der Waals surface area contributed by atoms with Gasteiger partial charge in [-0.2, -0.15) is 4.40 Å². The maximum absolute atomic E-state index is 8.49. The topological polar surface area (TPSA) is 113 Å². The zero-order valence-electron chi connectivity index (χ0n) is 15.0. The van der Waals surface area contributed by atoms with Crippen molar-refractivity contribution in [2.24, 2.45) is 0 Å². The van der Waals surface area contributed by atoms with Crippen molar-refractivity contribution in [1.82, 2.24) is 4.40 Å². The first-order valence-corrected chi connectivity index (χ1v) is 9.15. The molecule has 0 aliphatic rings. The predicted molar refractivity (Wildman–Crippen MR) is 88.9 cm³/mol. The van der Waals surface area contributed by atoms with Crippen molar-refractivity contribution >= 4 is 27.9 Å². The van der Waals surface area contributed by atoms with Crippen LogP contribution >= 0.6 is 0 Å². The normalized spacial score (nSPS) is 11.5. The maximum Gasteiger partial charge on any atom is 0.369 e. The number of fused-ring (bicyclic) bond motifs is 5. The molecule has 0 bridgehead atoms. The molecule has 0 saturated heterocycles. The summed E-state index contributed by atoms with van der Waals surface area (Å²) >= 11 is 0. The number of hydrogen-bond acceptors (Lipinski definition) is 6. The number of nitrogens with zero attached hydrogens (tertiary/aromatic N) is 3. The SMILES string of the molecule is COc1cc2c3cccc[n+]3c(N(C)C)n2c2ccccc12.[O-][Cl+3]([O-])([O-])[O-]. The van der Waals surface area contributed by atoms with E-state index in [9.17, 15) is 0 Å². The summed E-state index contributed by atoms with van der Waals surface area (Å²) in [6, 6.07) is 16.7. The van der Waals surface area contributed by atoms with Crippen molar-refractivity contribution < 1.29 is 38.0 Å². The maximum atomic E-state index is 8.49. The molecular weight excluding hydrogens is 374 g/mol. The third-order valence-corrected chi connectivity index (χ3v) is 4.08. The van der Waals surface area contributed by atoms with Gasteiger partial charge in [-0.15, -0.1) is 10.2 Å². The molecule has 0 saturated carbocycles. The summed E-state index contributed by atoms with van der Waals surface area (Å²) in [6.45, 7) is 0. The van der Waals surface area contributed by atoms with E-state index in [2.05, 4.69) is 76.5 Å². The van der Waals surface area contributed by atoms with Crippen molar-refractivity contribution in [3.8, 4) is 5.75 Å². The molecule has 0 unspecified atom stereocenters. The van der Waals surface area contributed by atoms with Crippen molar-refractivity contribution in [2.45, 2.75) is 0 Å². The first-order valence-electron chi connectivity index (χ1n) is 7.92. The standard InChI is InChI=1S/C18H18N3O.ClHO4/c1-19(2)18-20-11-7-6-10-15(20)16-12-17(22-3)13-8-4-5-9-14(13)21(16)18;2-1(3,4)5/h4-12H,1-3H3;(H,2,3,4,5)/q+1;/p-1. The first kappa shape index (κ1) is 19.2. The zero-order valence-corrected chi connectivity index (χ0v) is 15.7. The summed E-state index contributed by atoms with van der Waals surface area (Å²) in [5.41, 5.74) is 3.44. The van der Waals surface area contributed by atoms with Gasteiger partial charge in [-0.05, 0) is 24.3 Å². The van der Waals surface area contributed by atoms with Gasteiger partial charge < -0.3 is 4.74 Å². The van der Waals surface area contributed by atoms with Crippen LogP contribution < -0.4 is 32.7 Å². The number of aromatic nitrogens is 2. The average Bonchev–Trinajstić information content (AvgIpc) is 2.94. The predicted octanol–water partition coefficient (Wildman–Crippen LogP) is -1.85. The lowest BCUT2D eigenvalue weighted by molar-refractivity contribution is -2.00. The Balaban J connectivity index is 0.000000376. The zero-order chi connectivity index (χ0) is 19.8. The Morgan fingerprint density at radius 3 is 2.22 bits per heavy atom. The number of rotatable bonds is 2. The highest BCUT2D eigenvalue weighted by Crippen LogP contribution is 2.31. The van der Waals surface area contributed by atoms with Crippen LogP contribution in [0.4, 0.5) is 5.95 Å². The summed E-state index contributed by atoms with van der Waals surface area (Å²) in [5.74, 6) is 2.02. The van der Waals surface area contributed by atoms with Gasteiger partial charge in [-0.1, -0.05) is 18.2 Å². The van der Waals surface area contributed by atoms with Gasteiger partial charge in [0.05, 0.1) is 32.8 Å². The number of hydrogen-bond donors (Lipinski definition) is 0. The van der Waals surface area contributed by atoms with Gasteiger partial charge in [-0.25, -0.2) is 23.0 Å².